The Balaban J connectivity index is 2.68. The van der Waals surface area contributed by atoms with Crippen molar-refractivity contribution in [3.05, 3.63) is 0 Å². The molecule has 0 radical (unpaired) electrons. The van der Waals surface area contributed by atoms with Gasteiger partial charge in [-0.3, -0.25) is 9.69 Å². The van der Waals surface area contributed by atoms with E-state index in [-0.39, 0.29) is 18.4 Å². The van der Waals surface area contributed by atoms with Crippen LogP contribution in [0.4, 0.5) is 0 Å². The van der Waals surface area contributed by atoms with E-state index in [1.54, 1.807) is 11.9 Å². The van der Waals surface area contributed by atoms with E-state index in [1.807, 2.05) is 18.7 Å². The molecule has 0 aromatic heterocycles. The first kappa shape index (κ1) is 17.5. The molecule has 0 spiro atoms. The van der Waals surface area contributed by atoms with Gasteiger partial charge >= 0.3 is 0 Å². The monoisotopic (exact) mass is 290 g/mol. The van der Waals surface area contributed by atoms with E-state index < -0.39 is 5.54 Å². The summed E-state index contributed by atoms with van der Waals surface area (Å²) in [6, 6.07) is 4.57. The van der Waals surface area contributed by atoms with Crippen molar-refractivity contribution >= 4 is 5.91 Å². The van der Waals surface area contributed by atoms with Gasteiger partial charge in [-0.15, -0.1) is 0 Å². The fourth-order valence-corrected chi connectivity index (χ4v) is 2.93. The Labute approximate surface area is 128 Å². The van der Waals surface area contributed by atoms with Crippen molar-refractivity contribution in [3.8, 4) is 12.1 Å². The lowest BCUT2D eigenvalue weighted by molar-refractivity contribution is -0.136. The predicted octanol–water partition coefficient (Wildman–Crippen LogP) is 2.15. The maximum absolute atomic E-state index is 12.5. The molecule has 1 unspecified atom stereocenters. The van der Waals surface area contributed by atoms with Crippen LogP contribution in [0.5, 0.6) is 0 Å². The largest absolute Gasteiger partial charge is 0.326 e. The first-order chi connectivity index (χ1) is 9.99. The third-order valence-electron chi connectivity index (χ3n) is 4.46. The lowest BCUT2D eigenvalue weighted by Crippen LogP contribution is -2.52. The van der Waals surface area contributed by atoms with Crippen molar-refractivity contribution in [2.75, 3.05) is 26.7 Å². The molecule has 0 heterocycles. The van der Waals surface area contributed by atoms with Gasteiger partial charge in [0.25, 0.3) is 0 Å². The molecule has 0 bridgehead atoms. The molecule has 1 amide bonds. The summed E-state index contributed by atoms with van der Waals surface area (Å²) in [5.74, 6) is -0.117. The topological polar surface area (TPSA) is 71.1 Å². The van der Waals surface area contributed by atoms with Gasteiger partial charge in [-0.25, -0.2) is 0 Å². The number of rotatable bonds is 6. The maximum Gasteiger partial charge on any atom is 0.237 e. The molecule has 116 valence electrons. The van der Waals surface area contributed by atoms with Crippen LogP contribution in [-0.2, 0) is 4.79 Å². The maximum atomic E-state index is 12.5. The summed E-state index contributed by atoms with van der Waals surface area (Å²) in [7, 11) is 1.75. The van der Waals surface area contributed by atoms with Crippen molar-refractivity contribution in [2.45, 2.75) is 51.5 Å². The smallest absolute Gasteiger partial charge is 0.237 e. The summed E-state index contributed by atoms with van der Waals surface area (Å²) in [6.07, 6.45) is 4.70. The number of hydrogen-bond acceptors (Lipinski definition) is 4. The number of likely N-dealkylation sites (N-methyl/N-ethyl adjacent to an activating group) is 2. The highest BCUT2D eigenvalue weighted by Crippen LogP contribution is 2.32. The zero-order chi connectivity index (χ0) is 15.9. The van der Waals surface area contributed by atoms with E-state index in [9.17, 15) is 10.1 Å². The second kappa shape index (κ2) is 8.00. The van der Waals surface area contributed by atoms with Crippen LogP contribution in [0.2, 0.25) is 0 Å². The fraction of sp³-hybridized carbons (Fsp3) is 0.812. The molecular formula is C16H26N4O. The van der Waals surface area contributed by atoms with Gasteiger partial charge in [0.05, 0.1) is 24.6 Å². The highest BCUT2D eigenvalue weighted by molar-refractivity contribution is 5.79. The third-order valence-corrected chi connectivity index (χ3v) is 4.46. The Morgan fingerprint density at radius 1 is 1.29 bits per heavy atom. The quantitative estimate of drug-likeness (QED) is 0.751. The van der Waals surface area contributed by atoms with Crippen molar-refractivity contribution in [1.29, 1.82) is 10.5 Å². The first-order valence-electron chi connectivity index (χ1n) is 7.79. The second-order valence-electron chi connectivity index (χ2n) is 6.01. The Morgan fingerprint density at radius 3 is 2.38 bits per heavy atom. The van der Waals surface area contributed by atoms with E-state index in [0.717, 1.165) is 38.6 Å². The Kier molecular flexibility index (Phi) is 6.65. The van der Waals surface area contributed by atoms with Gasteiger partial charge in [0.2, 0.25) is 5.91 Å². The lowest BCUT2D eigenvalue weighted by Gasteiger charge is -2.39. The molecule has 5 heteroatoms. The van der Waals surface area contributed by atoms with E-state index in [1.165, 1.54) is 0 Å². The normalized spacial score (nSPS) is 18.6. The molecule has 0 saturated heterocycles. The number of carbonyl (C=O) groups excluding carboxylic acids is 1. The Bertz CT molecular complexity index is 429. The fourth-order valence-electron chi connectivity index (χ4n) is 2.93. The van der Waals surface area contributed by atoms with E-state index in [2.05, 4.69) is 12.1 Å². The minimum atomic E-state index is -0.629. The number of carbonyl (C=O) groups is 1. The van der Waals surface area contributed by atoms with Crippen LogP contribution in [0.1, 0.15) is 46.0 Å². The predicted molar refractivity (Wildman–Crippen MR) is 81.1 cm³/mol. The van der Waals surface area contributed by atoms with Crippen molar-refractivity contribution in [3.63, 3.8) is 0 Å². The van der Waals surface area contributed by atoms with Gasteiger partial charge in [-0.1, -0.05) is 26.2 Å². The molecule has 1 atom stereocenters. The Morgan fingerprint density at radius 2 is 1.90 bits per heavy atom. The van der Waals surface area contributed by atoms with Crippen LogP contribution in [0.3, 0.4) is 0 Å². The average molecular weight is 290 g/mol. The van der Waals surface area contributed by atoms with Gasteiger partial charge in [-0.2, -0.15) is 10.5 Å². The first-order valence-corrected chi connectivity index (χ1v) is 7.79. The number of hydrogen-bond donors (Lipinski definition) is 0. The Hall–Kier alpha value is -1.59. The summed E-state index contributed by atoms with van der Waals surface area (Å²) >= 11 is 0. The minimum Gasteiger partial charge on any atom is -0.326 e. The molecule has 0 N–H and O–H groups in total. The highest BCUT2D eigenvalue weighted by atomic mass is 16.2. The standard InChI is InChI=1S/C16H26N4O/c1-4-20(11-14(2)10-17)12-15(21)19(3)16(13-18)8-6-5-7-9-16/h14H,4-9,11-12H2,1-3H3. The van der Waals surface area contributed by atoms with Gasteiger partial charge in [-0.05, 0) is 26.3 Å². The average Bonchev–Trinajstić information content (AvgIpc) is 2.53. The molecule has 5 nitrogen and oxygen atoms in total. The van der Waals surface area contributed by atoms with Crippen LogP contribution < -0.4 is 0 Å². The molecular weight excluding hydrogens is 264 g/mol. The second-order valence-corrected chi connectivity index (χ2v) is 6.01. The van der Waals surface area contributed by atoms with Crippen LogP contribution in [-0.4, -0.2) is 47.9 Å². The van der Waals surface area contributed by atoms with Crippen LogP contribution in [0, 0.1) is 28.6 Å². The van der Waals surface area contributed by atoms with Gasteiger partial charge in [0.1, 0.15) is 5.54 Å². The number of nitrogens with zero attached hydrogens (tertiary/aromatic N) is 4. The van der Waals surface area contributed by atoms with Crippen molar-refractivity contribution < 1.29 is 4.79 Å². The van der Waals surface area contributed by atoms with Gasteiger partial charge < -0.3 is 4.90 Å². The molecule has 1 fully saturated rings. The van der Waals surface area contributed by atoms with Gasteiger partial charge in [0.15, 0.2) is 0 Å². The molecule has 0 aromatic rings. The molecule has 0 aromatic carbocycles. The summed E-state index contributed by atoms with van der Waals surface area (Å²) in [6.45, 7) is 5.44. The minimum absolute atomic E-state index is 0.0227. The molecule has 21 heavy (non-hydrogen) atoms. The molecule has 0 aliphatic heterocycles. The highest BCUT2D eigenvalue weighted by Gasteiger charge is 2.38. The zero-order valence-corrected chi connectivity index (χ0v) is 13.4. The molecule has 1 rings (SSSR count). The summed E-state index contributed by atoms with van der Waals surface area (Å²) in [4.78, 5) is 16.1. The summed E-state index contributed by atoms with van der Waals surface area (Å²) < 4.78 is 0. The van der Waals surface area contributed by atoms with Crippen LogP contribution in [0.25, 0.3) is 0 Å². The van der Waals surface area contributed by atoms with Crippen molar-refractivity contribution in [1.82, 2.24) is 9.80 Å². The number of nitriles is 2. The number of amides is 1. The van der Waals surface area contributed by atoms with E-state index >= 15 is 0 Å². The van der Waals surface area contributed by atoms with Crippen LogP contribution in [0.15, 0.2) is 0 Å². The van der Waals surface area contributed by atoms with E-state index in [4.69, 9.17) is 5.26 Å². The van der Waals surface area contributed by atoms with Crippen LogP contribution >= 0.6 is 0 Å². The zero-order valence-electron chi connectivity index (χ0n) is 13.4. The summed E-state index contributed by atoms with van der Waals surface area (Å²) in [5, 5.41) is 18.4. The van der Waals surface area contributed by atoms with E-state index in [0.29, 0.717) is 6.54 Å². The third kappa shape index (κ3) is 4.44. The molecule has 1 aliphatic carbocycles. The van der Waals surface area contributed by atoms with Crippen molar-refractivity contribution in [2.24, 2.45) is 5.92 Å². The molecule has 1 saturated carbocycles. The SMILES string of the molecule is CCN(CC(=O)N(C)C1(C#N)CCCCC1)CC(C)C#N. The summed E-state index contributed by atoms with van der Waals surface area (Å²) in [5.41, 5.74) is -0.629. The molecule has 1 aliphatic rings. The lowest BCUT2D eigenvalue weighted by atomic mass is 9.81. The van der Waals surface area contributed by atoms with Gasteiger partial charge in [0, 0.05) is 13.6 Å².